The fourth-order valence-electron chi connectivity index (χ4n) is 2.66. The van der Waals surface area contributed by atoms with Crippen molar-refractivity contribution >= 4 is 24.3 Å². The van der Waals surface area contributed by atoms with Gasteiger partial charge in [-0.25, -0.2) is 0 Å². The summed E-state index contributed by atoms with van der Waals surface area (Å²) in [6.07, 6.45) is 4.74. The normalized spacial score (nSPS) is 19.1. The molecule has 0 bridgehead atoms. The van der Waals surface area contributed by atoms with Crippen LogP contribution in [0.3, 0.4) is 0 Å². The summed E-state index contributed by atoms with van der Waals surface area (Å²) in [6, 6.07) is 0.537. The molecule has 1 aliphatic heterocycles. The van der Waals surface area contributed by atoms with Gasteiger partial charge in [-0.1, -0.05) is 6.42 Å². The molecular weight excluding hydrogens is 290 g/mol. The molecule has 0 amide bonds. The van der Waals surface area contributed by atoms with Crippen molar-refractivity contribution < 1.29 is 0 Å². The summed E-state index contributed by atoms with van der Waals surface area (Å²) >= 11 is 0. The average Bonchev–Trinajstić information content (AvgIpc) is 2.40. The molecule has 1 atom stereocenters. The Morgan fingerprint density at radius 1 is 1.24 bits per heavy atom. The Balaban J connectivity index is 0.00000220. The minimum absolute atomic E-state index is 0. The zero-order chi connectivity index (χ0) is 14.5. The van der Waals surface area contributed by atoms with Crippen molar-refractivity contribution in [1.29, 1.82) is 0 Å². The molecule has 21 heavy (non-hydrogen) atoms. The first-order valence-corrected chi connectivity index (χ1v) is 7.22. The van der Waals surface area contributed by atoms with E-state index >= 15 is 0 Å². The molecule has 1 aliphatic rings. The zero-order valence-electron chi connectivity index (χ0n) is 12.8. The summed E-state index contributed by atoms with van der Waals surface area (Å²) in [4.78, 5) is 17.1. The van der Waals surface area contributed by atoms with Crippen LogP contribution in [0.25, 0.3) is 0 Å². The molecule has 0 aliphatic carbocycles. The van der Waals surface area contributed by atoms with Crippen LogP contribution in [0.4, 0.5) is 11.9 Å². The number of nitrogens with zero attached hydrogens (tertiary/aromatic N) is 5. The molecule has 8 heteroatoms. The van der Waals surface area contributed by atoms with E-state index in [1.165, 1.54) is 19.3 Å². The first-order chi connectivity index (χ1) is 9.60. The van der Waals surface area contributed by atoms with Crippen molar-refractivity contribution in [2.24, 2.45) is 5.73 Å². The van der Waals surface area contributed by atoms with Gasteiger partial charge in [-0.2, -0.15) is 15.0 Å². The summed E-state index contributed by atoms with van der Waals surface area (Å²) in [7, 11) is 3.80. The molecule has 7 nitrogen and oxygen atoms in total. The number of halogens is 1. The smallest absolute Gasteiger partial charge is 0.229 e. The van der Waals surface area contributed by atoms with Crippen LogP contribution in [-0.4, -0.2) is 53.1 Å². The van der Waals surface area contributed by atoms with Gasteiger partial charge in [0.15, 0.2) is 0 Å². The van der Waals surface area contributed by atoms with E-state index in [-0.39, 0.29) is 18.4 Å². The minimum Gasteiger partial charge on any atom is -0.368 e. The van der Waals surface area contributed by atoms with E-state index in [2.05, 4.69) is 19.9 Å². The molecule has 0 radical (unpaired) electrons. The Hall–Kier alpha value is -1.18. The minimum atomic E-state index is 0. The first kappa shape index (κ1) is 17.9. The molecular formula is C13H26ClN7. The molecule has 120 valence electrons. The van der Waals surface area contributed by atoms with Crippen molar-refractivity contribution in [3.63, 3.8) is 0 Å². The number of likely N-dealkylation sites (tertiary alicyclic amines) is 1. The lowest BCUT2D eigenvalue weighted by Crippen LogP contribution is -2.40. The van der Waals surface area contributed by atoms with Crippen molar-refractivity contribution in [2.45, 2.75) is 38.3 Å². The highest BCUT2D eigenvalue weighted by Crippen LogP contribution is 2.21. The number of hydrogen-bond acceptors (Lipinski definition) is 7. The maximum absolute atomic E-state index is 5.77. The van der Waals surface area contributed by atoms with Gasteiger partial charge in [0.2, 0.25) is 11.9 Å². The van der Waals surface area contributed by atoms with E-state index in [0.717, 1.165) is 31.9 Å². The predicted molar refractivity (Wildman–Crippen MR) is 87.5 cm³/mol. The maximum atomic E-state index is 5.77. The van der Waals surface area contributed by atoms with E-state index in [9.17, 15) is 0 Å². The van der Waals surface area contributed by atoms with E-state index in [1.807, 2.05) is 19.0 Å². The van der Waals surface area contributed by atoms with Crippen molar-refractivity contribution in [3.05, 3.63) is 5.82 Å². The number of anilines is 2. The van der Waals surface area contributed by atoms with Crippen molar-refractivity contribution in [3.8, 4) is 0 Å². The number of rotatable bonds is 5. The van der Waals surface area contributed by atoms with E-state index in [1.54, 1.807) is 0 Å². The van der Waals surface area contributed by atoms with Gasteiger partial charge in [0.1, 0.15) is 5.82 Å². The molecule has 1 aromatic heterocycles. The van der Waals surface area contributed by atoms with Crippen LogP contribution in [-0.2, 0) is 6.54 Å². The molecule has 0 aromatic carbocycles. The second kappa shape index (κ2) is 8.31. The number of nitrogen functional groups attached to an aromatic ring is 1. The third-order valence-corrected chi connectivity index (χ3v) is 3.68. The van der Waals surface area contributed by atoms with E-state index < -0.39 is 0 Å². The Morgan fingerprint density at radius 3 is 2.67 bits per heavy atom. The molecule has 4 N–H and O–H groups in total. The Morgan fingerprint density at radius 2 is 2.00 bits per heavy atom. The van der Waals surface area contributed by atoms with Crippen LogP contribution in [0.2, 0.25) is 0 Å². The number of nitrogens with two attached hydrogens (primary N) is 2. The van der Waals surface area contributed by atoms with Gasteiger partial charge >= 0.3 is 0 Å². The Labute approximate surface area is 132 Å². The highest BCUT2D eigenvalue weighted by molar-refractivity contribution is 5.85. The zero-order valence-corrected chi connectivity index (χ0v) is 13.6. The summed E-state index contributed by atoms with van der Waals surface area (Å²) in [6.45, 7) is 2.52. The Bertz CT molecular complexity index is 439. The summed E-state index contributed by atoms with van der Waals surface area (Å²) < 4.78 is 0. The lowest BCUT2D eigenvalue weighted by Gasteiger charge is -2.35. The van der Waals surface area contributed by atoms with Crippen LogP contribution in [0.1, 0.15) is 31.5 Å². The fraction of sp³-hybridized carbons (Fsp3) is 0.769. The van der Waals surface area contributed by atoms with Gasteiger partial charge in [0.05, 0.1) is 6.54 Å². The Kier molecular flexibility index (Phi) is 7.07. The maximum Gasteiger partial charge on any atom is 0.229 e. The lowest BCUT2D eigenvalue weighted by atomic mass is 9.99. The van der Waals surface area contributed by atoms with Crippen molar-refractivity contribution in [2.75, 3.05) is 37.8 Å². The second-order valence-electron chi connectivity index (χ2n) is 5.50. The van der Waals surface area contributed by atoms with Gasteiger partial charge < -0.3 is 16.4 Å². The molecule has 0 saturated carbocycles. The average molecular weight is 316 g/mol. The quantitative estimate of drug-likeness (QED) is 0.823. The SMILES string of the molecule is CN(C)c1nc(N)nc(CN2CCCCC2CCN)n1.Cl. The predicted octanol–water partition coefficient (Wildman–Crippen LogP) is 0.645. The summed E-state index contributed by atoms with van der Waals surface area (Å²) in [5, 5.41) is 0. The van der Waals surface area contributed by atoms with Crippen LogP contribution in [0, 0.1) is 0 Å². The number of piperidine rings is 1. The second-order valence-corrected chi connectivity index (χ2v) is 5.50. The van der Waals surface area contributed by atoms with Crippen LogP contribution >= 0.6 is 12.4 Å². The largest absolute Gasteiger partial charge is 0.368 e. The standard InChI is InChI=1S/C13H25N7.ClH/c1-19(2)13-17-11(16-12(15)18-13)9-20-8-4-3-5-10(20)6-7-14;/h10H,3-9,14H2,1-2H3,(H2,15,16,17,18);1H. The number of aromatic nitrogens is 3. The molecule has 2 rings (SSSR count). The van der Waals surface area contributed by atoms with E-state index in [0.29, 0.717) is 12.0 Å². The third-order valence-electron chi connectivity index (χ3n) is 3.68. The highest BCUT2D eigenvalue weighted by atomic mass is 35.5. The summed E-state index contributed by atoms with van der Waals surface area (Å²) in [5.74, 6) is 1.64. The van der Waals surface area contributed by atoms with Gasteiger partial charge in [-0.15, -0.1) is 12.4 Å². The molecule has 2 heterocycles. The van der Waals surface area contributed by atoms with Crippen LogP contribution in [0.15, 0.2) is 0 Å². The van der Waals surface area contributed by atoms with Crippen LogP contribution < -0.4 is 16.4 Å². The van der Waals surface area contributed by atoms with Gasteiger partial charge in [0.25, 0.3) is 0 Å². The van der Waals surface area contributed by atoms with Crippen LogP contribution in [0.5, 0.6) is 0 Å². The highest BCUT2D eigenvalue weighted by Gasteiger charge is 2.23. The molecule has 1 aromatic rings. The molecule has 1 saturated heterocycles. The number of hydrogen-bond donors (Lipinski definition) is 2. The third kappa shape index (κ3) is 4.94. The summed E-state index contributed by atoms with van der Waals surface area (Å²) in [5.41, 5.74) is 11.5. The van der Waals surface area contributed by atoms with E-state index in [4.69, 9.17) is 11.5 Å². The van der Waals surface area contributed by atoms with Crippen molar-refractivity contribution in [1.82, 2.24) is 19.9 Å². The topological polar surface area (TPSA) is 97.2 Å². The van der Waals surface area contributed by atoms with Gasteiger partial charge in [-0.3, -0.25) is 4.90 Å². The monoisotopic (exact) mass is 315 g/mol. The molecule has 1 unspecified atom stereocenters. The first-order valence-electron chi connectivity index (χ1n) is 7.22. The van der Waals surface area contributed by atoms with Gasteiger partial charge in [0, 0.05) is 20.1 Å². The lowest BCUT2D eigenvalue weighted by molar-refractivity contribution is 0.130. The van der Waals surface area contributed by atoms with Gasteiger partial charge in [-0.05, 0) is 32.4 Å². The molecule has 1 fully saturated rings. The fourth-order valence-corrected chi connectivity index (χ4v) is 2.66. The molecule has 0 spiro atoms.